The number of carbonyl (C=O) groups excluding carboxylic acids is 2. The predicted molar refractivity (Wildman–Crippen MR) is 160 cm³/mol. The topological polar surface area (TPSA) is 85.9 Å². The van der Waals surface area contributed by atoms with Crippen LogP contribution in [0.2, 0.25) is 0 Å². The molecule has 2 aliphatic rings. The van der Waals surface area contributed by atoms with Crippen molar-refractivity contribution in [2.24, 2.45) is 0 Å². The predicted octanol–water partition coefficient (Wildman–Crippen LogP) is 6.41. The first kappa shape index (κ1) is 28.0. The summed E-state index contributed by atoms with van der Waals surface area (Å²) in [5, 5.41) is 6.50. The molecular weight excluding hydrogens is 516 g/mol. The summed E-state index contributed by atoms with van der Waals surface area (Å²) in [6, 6.07) is 21.2. The summed E-state index contributed by atoms with van der Waals surface area (Å²) >= 11 is 0. The van der Waals surface area contributed by atoms with Crippen LogP contribution in [0.25, 0.3) is 0 Å². The normalized spacial score (nSPS) is 18.4. The molecule has 7 nitrogen and oxygen atoms in total. The summed E-state index contributed by atoms with van der Waals surface area (Å²) in [4.78, 5) is 27.9. The molecule has 2 N–H and O–H groups in total. The monoisotopic (exact) mass is 552 g/mol. The molecule has 0 saturated heterocycles. The van der Waals surface area contributed by atoms with Crippen molar-refractivity contribution in [3.8, 4) is 17.2 Å². The van der Waals surface area contributed by atoms with E-state index in [-0.39, 0.29) is 17.6 Å². The third-order valence-corrected chi connectivity index (χ3v) is 7.76. The first-order chi connectivity index (χ1) is 19.8. The number of ketones is 1. The number of anilines is 1. The highest BCUT2D eigenvalue weighted by atomic mass is 16.5. The summed E-state index contributed by atoms with van der Waals surface area (Å²) in [5.41, 5.74) is 6.38. The second-order valence-electron chi connectivity index (χ2n) is 10.5. The van der Waals surface area contributed by atoms with E-state index >= 15 is 0 Å². The van der Waals surface area contributed by atoms with Crippen molar-refractivity contribution < 1.29 is 23.8 Å². The zero-order chi connectivity index (χ0) is 29.1. The van der Waals surface area contributed by atoms with Crippen molar-refractivity contribution in [3.05, 3.63) is 106 Å². The van der Waals surface area contributed by atoms with Crippen LogP contribution in [0.5, 0.6) is 17.2 Å². The van der Waals surface area contributed by atoms with Gasteiger partial charge in [0.25, 0.3) is 5.91 Å². The van der Waals surface area contributed by atoms with E-state index in [2.05, 4.69) is 10.6 Å². The molecule has 7 heteroatoms. The van der Waals surface area contributed by atoms with Crippen LogP contribution in [0.15, 0.2) is 89.3 Å². The smallest absolute Gasteiger partial charge is 0.254 e. The van der Waals surface area contributed by atoms with Crippen molar-refractivity contribution in [1.29, 1.82) is 0 Å². The van der Waals surface area contributed by atoms with Crippen LogP contribution >= 0.6 is 0 Å². The molecule has 0 fully saturated rings. The standard InChI is InChI=1S/C34H36N2O5/c1-6-41-26-9-7-8-23(16-26)32-31(34(38)36-25-13-10-20(2)11-14-25)21(3)35-27-17-24(18-28(37)33(27)32)22-12-15-29(39-4)30(19-22)40-5/h7-16,19,24,32,35H,6,17-18H2,1-5H3,(H,36,38)/t24-,32+/m1/s1. The van der Waals surface area contributed by atoms with Gasteiger partial charge in [-0.3, -0.25) is 9.59 Å². The van der Waals surface area contributed by atoms with Crippen LogP contribution in [0.1, 0.15) is 55.2 Å². The Morgan fingerprint density at radius 2 is 1.68 bits per heavy atom. The summed E-state index contributed by atoms with van der Waals surface area (Å²) < 4.78 is 16.7. The first-order valence-electron chi connectivity index (χ1n) is 13.9. The quantitative estimate of drug-likeness (QED) is 0.336. The maximum atomic E-state index is 14.0. The van der Waals surface area contributed by atoms with Crippen molar-refractivity contribution in [3.63, 3.8) is 0 Å². The van der Waals surface area contributed by atoms with Crippen LogP contribution in [0, 0.1) is 6.92 Å². The van der Waals surface area contributed by atoms with Gasteiger partial charge in [0.1, 0.15) is 5.75 Å². The number of hydrogen-bond donors (Lipinski definition) is 2. The second-order valence-corrected chi connectivity index (χ2v) is 10.5. The number of ether oxygens (including phenoxy) is 3. The fourth-order valence-electron chi connectivity index (χ4n) is 5.80. The number of hydrogen-bond acceptors (Lipinski definition) is 6. The zero-order valence-corrected chi connectivity index (χ0v) is 24.2. The number of carbonyl (C=O) groups is 2. The Labute approximate surface area is 241 Å². The van der Waals surface area contributed by atoms with Gasteiger partial charge in [-0.15, -0.1) is 0 Å². The van der Waals surface area contributed by atoms with Crippen LogP contribution in [-0.2, 0) is 9.59 Å². The lowest BCUT2D eigenvalue weighted by molar-refractivity contribution is -0.116. The Morgan fingerprint density at radius 3 is 2.39 bits per heavy atom. The minimum Gasteiger partial charge on any atom is -0.494 e. The highest BCUT2D eigenvalue weighted by molar-refractivity contribution is 6.10. The molecule has 2 atom stereocenters. The van der Waals surface area contributed by atoms with Gasteiger partial charge in [-0.2, -0.15) is 0 Å². The lowest BCUT2D eigenvalue weighted by Crippen LogP contribution is -2.37. The molecule has 0 unspecified atom stereocenters. The van der Waals surface area contributed by atoms with Gasteiger partial charge < -0.3 is 24.8 Å². The number of nitrogens with one attached hydrogen (secondary N) is 2. The molecule has 0 saturated carbocycles. The number of Topliss-reactive ketones (excluding diaryl/α,β-unsaturated/α-hetero) is 1. The lowest BCUT2D eigenvalue weighted by atomic mass is 9.71. The Kier molecular flexibility index (Phi) is 8.15. The second kappa shape index (κ2) is 11.9. The first-order valence-corrected chi connectivity index (χ1v) is 13.9. The molecule has 3 aromatic carbocycles. The van der Waals surface area contributed by atoms with Crippen molar-refractivity contribution in [2.75, 3.05) is 26.1 Å². The molecule has 0 radical (unpaired) electrons. The summed E-state index contributed by atoms with van der Waals surface area (Å²) in [6.45, 7) is 6.35. The van der Waals surface area contributed by atoms with E-state index in [1.807, 2.05) is 87.5 Å². The van der Waals surface area contributed by atoms with Crippen molar-refractivity contribution in [2.45, 2.75) is 45.4 Å². The van der Waals surface area contributed by atoms with Crippen LogP contribution in [0.3, 0.4) is 0 Å². The highest BCUT2D eigenvalue weighted by Crippen LogP contribution is 2.47. The van der Waals surface area contributed by atoms with E-state index in [9.17, 15) is 9.59 Å². The van der Waals surface area contributed by atoms with Crippen LogP contribution in [-0.4, -0.2) is 32.5 Å². The number of allylic oxidation sites excluding steroid dienone is 3. The average molecular weight is 553 g/mol. The van der Waals surface area contributed by atoms with E-state index in [0.717, 1.165) is 28.1 Å². The average Bonchev–Trinajstić information content (AvgIpc) is 2.97. The van der Waals surface area contributed by atoms with Gasteiger partial charge in [0, 0.05) is 40.6 Å². The maximum Gasteiger partial charge on any atom is 0.254 e. The van der Waals surface area contributed by atoms with Crippen molar-refractivity contribution in [1.82, 2.24) is 5.32 Å². The Morgan fingerprint density at radius 1 is 0.927 bits per heavy atom. The van der Waals surface area contributed by atoms with Gasteiger partial charge >= 0.3 is 0 Å². The molecule has 0 aromatic heterocycles. The lowest BCUT2D eigenvalue weighted by Gasteiger charge is -2.37. The molecule has 5 rings (SSSR count). The maximum absolute atomic E-state index is 14.0. The van der Waals surface area contributed by atoms with Gasteiger partial charge in [-0.25, -0.2) is 0 Å². The molecule has 1 aliphatic carbocycles. The third kappa shape index (κ3) is 5.71. The molecule has 1 amide bonds. The van der Waals surface area contributed by atoms with E-state index in [1.165, 1.54) is 0 Å². The number of amides is 1. The molecule has 212 valence electrons. The zero-order valence-electron chi connectivity index (χ0n) is 24.2. The molecule has 41 heavy (non-hydrogen) atoms. The number of dihydropyridines is 1. The van der Waals surface area contributed by atoms with E-state index in [1.54, 1.807) is 14.2 Å². The molecule has 3 aromatic rings. The van der Waals surface area contributed by atoms with Crippen LogP contribution < -0.4 is 24.8 Å². The summed E-state index contributed by atoms with van der Waals surface area (Å²) in [5.74, 6) is 1.17. The fraction of sp³-hybridized carbons (Fsp3) is 0.294. The summed E-state index contributed by atoms with van der Waals surface area (Å²) in [6.07, 6.45) is 0.950. The van der Waals surface area contributed by atoms with Gasteiger partial charge in [0.05, 0.1) is 20.8 Å². The number of aryl methyl sites for hydroxylation is 1. The minimum absolute atomic E-state index is 0.0125. The number of methoxy groups -OCH3 is 2. The Balaban J connectivity index is 1.55. The minimum atomic E-state index is -0.532. The number of rotatable bonds is 8. The fourth-order valence-corrected chi connectivity index (χ4v) is 5.80. The van der Waals surface area contributed by atoms with Gasteiger partial charge in [-0.1, -0.05) is 35.9 Å². The van der Waals surface area contributed by atoms with E-state index in [0.29, 0.717) is 53.5 Å². The molecule has 1 aliphatic heterocycles. The molecule has 0 spiro atoms. The SMILES string of the molecule is CCOc1cccc([C@H]2C(C(=O)Nc3ccc(C)cc3)=C(C)NC3=C2C(=O)C[C@H](c2ccc(OC)c(OC)c2)C3)c1. The van der Waals surface area contributed by atoms with Gasteiger partial charge in [-0.05, 0) is 80.6 Å². The van der Waals surface area contributed by atoms with E-state index < -0.39 is 5.92 Å². The third-order valence-electron chi connectivity index (χ3n) is 7.76. The van der Waals surface area contributed by atoms with Crippen LogP contribution in [0.4, 0.5) is 5.69 Å². The molecule has 0 bridgehead atoms. The Hall–Kier alpha value is -4.52. The van der Waals surface area contributed by atoms with E-state index in [4.69, 9.17) is 14.2 Å². The Bertz CT molecular complexity index is 1540. The van der Waals surface area contributed by atoms with Gasteiger partial charge in [0.15, 0.2) is 17.3 Å². The van der Waals surface area contributed by atoms with Gasteiger partial charge in [0.2, 0.25) is 0 Å². The summed E-state index contributed by atoms with van der Waals surface area (Å²) in [7, 11) is 3.21. The molecule has 1 heterocycles. The number of benzene rings is 3. The van der Waals surface area contributed by atoms with Crippen molar-refractivity contribution >= 4 is 17.4 Å². The molecular formula is C34H36N2O5. The highest BCUT2D eigenvalue weighted by Gasteiger charge is 2.41. The largest absolute Gasteiger partial charge is 0.494 e.